The van der Waals surface area contributed by atoms with Crippen LogP contribution in [0.5, 0.6) is 0 Å². The van der Waals surface area contributed by atoms with Gasteiger partial charge < -0.3 is 10.1 Å². The SMILES string of the molecule is CCOC(=O)c1cnn(C)c1NC(=O)C(C)n1cc([N+](=O)[O-])cn1. The molecule has 0 aliphatic rings. The number of aromatic nitrogens is 4. The number of hydrogen-bond donors (Lipinski definition) is 1. The maximum atomic E-state index is 12.3. The summed E-state index contributed by atoms with van der Waals surface area (Å²) in [4.78, 5) is 34.3. The first-order valence-electron chi connectivity index (χ1n) is 7.03. The first-order valence-corrected chi connectivity index (χ1v) is 7.03. The second kappa shape index (κ2) is 6.89. The second-order valence-electron chi connectivity index (χ2n) is 4.85. The molecule has 11 nitrogen and oxygen atoms in total. The topological polar surface area (TPSA) is 134 Å². The van der Waals surface area contributed by atoms with Gasteiger partial charge in [0.25, 0.3) is 0 Å². The predicted octanol–water partition coefficient (Wildman–Crippen LogP) is 0.901. The molecule has 1 atom stereocenters. The van der Waals surface area contributed by atoms with Crippen molar-refractivity contribution in [1.82, 2.24) is 19.6 Å². The van der Waals surface area contributed by atoms with E-state index in [1.54, 1.807) is 14.0 Å². The molecule has 24 heavy (non-hydrogen) atoms. The fourth-order valence-electron chi connectivity index (χ4n) is 1.92. The summed E-state index contributed by atoms with van der Waals surface area (Å²) in [6.45, 7) is 3.38. The van der Waals surface area contributed by atoms with Crippen molar-refractivity contribution in [2.75, 3.05) is 11.9 Å². The third-order valence-electron chi connectivity index (χ3n) is 3.25. The number of carbonyl (C=O) groups excluding carboxylic acids is 2. The molecule has 0 saturated carbocycles. The molecule has 0 spiro atoms. The Bertz CT molecular complexity index is 780. The van der Waals surface area contributed by atoms with Crippen molar-refractivity contribution < 1.29 is 19.2 Å². The summed E-state index contributed by atoms with van der Waals surface area (Å²) in [5, 5.41) is 21.0. The van der Waals surface area contributed by atoms with Gasteiger partial charge in [-0.05, 0) is 13.8 Å². The van der Waals surface area contributed by atoms with Crippen molar-refractivity contribution >= 4 is 23.4 Å². The molecule has 0 aliphatic heterocycles. The lowest BCUT2D eigenvalue weighted by Gasteiger charge is -2.13. The predicted molar refractivity (Wildman–Crippen MR) is 81.4 cm³/mol. The number of amides is 1. The summed E-state index contributed by atoms with van der Waals surface area (Å²) < 4.78 is 7.38. The minimum Gasteiger partial charge on any atom is -0.462 e. The van der Waals surface area contributed by atoms with Crippen LogP contribution in [0.15, 0.2) is 18.6 Å². The molecule has 2 aromatic rings. The molecule has 1 amide bonds. The van der Waals surface area contributed by atoms with Gasteiger partial charge >= 0.3 is 11.7 Å². The van der Waals surface area contributed by atoms with E-state index in [4.69, 9.17) is 4.74 Å². The van der Waals surface area contributed by atoms with E-state index in [9.17, 15) is 19.7 Å². The fourth-order valence-corrected chi connectivity index (χ4v) is 1.92. The van der Waals surface area contributed by atoms with E-state index >= 15 is 0 Å². The Morgan fingerprint density at radius 3 is 2.71 bits per heavy atom. The zero-order valence-corrected chi connectivity index (χ0v) is 13.3. The highest BCUT2D eigenvalue weighted by Gasteiger charge is 2.23. The van der Waals surface area contributed by atoms with Crippen LogP contribution >= 0.6 is 0 Å². The lowest BCUT2D eigenvalue weighted by Crippen LogP contribution is -2.26. The van der Waals surface area contributed by atoms with Crippen LogP contribution in [0.4, 0.5) is 11.5 Å². The monoisotopic (exact) mass is 336 g/mol. The Kier molecular flexibility index (Phi) is 4.92. The molecule has 0 bridgehead atoms. The van der Waals surface area contributed by atoms with E-state index < -0.39 is 22.8 Å². The molecule has 0 aliphatic carbocycles. The van der Waals surface area contributed by atoms with E-state index in [-0.39, 0.29) is 23.7 Å². The summed E-state index contributed by atoms with van der Waals surface area (Å²) >= 11 is 0. The average molecular weight is 336 g/mol. The smallest absolute Gasteiger partial charge is 0.343 e. The van der Waals surface area contributed by atoms with Crippen molar-refractivity contribution in [3.63, 3.8) is 0 Å². The molecule has 0 radical (unpaired) electrons. The number of rotatable bonds is 6. The first-order chi connectivity index (χ1) is 11.3. The molecule has 0 saturated heterocycles. The standard InChI is InChI=1S/C13H16N6O5/c1-4-24-13(21)10-6-14-17(3)11(10)16-12(20)8(2)18-7-9(5-15-18)19(22)23/h5-8H,4H2,1-3H3,(H,16,20). The molecular formula is C13H16N6O5. The Hall–Kier alpha value is -3.24. The summed E-state index contributed by atoms with van der Waals surface area (Å²) in [7, 11) is 1.56. The highest BCUT2D eigenvalue weighted by molar-refractivity contribution is 6.01. The Labute approximate surface area is 136 Å². The largest absolute Gasteiger partial charge is 0.462 e. The van der Waals surface area contributed by atoms with Gasteiger partial charge in [-0.25, -0.2) is 4.79 Å². The Morgan fingerprint density at radius 2 is 2.12 bits per heavy atom. The number of aryl methyl sites for hydroxylation is 1. The van der Waals surface area contributed by atoms with Gasteiger partial charge in [0.1, 0.15) is 29.8 Å². The number of carbonyl (C=O) groups is 2. The van der Waals surface area contributed by atoms with Crippen molar-refractivity contribution in [2.45, 2.75) is 19.9 Å². The zero-order chi connectivity index (χ0) is 17.9. The van der Waals surface area contributed by atoms with Crippen LogP contribution in [0, 0.1) is 10.1 Å². The van der Waals surface area contributed by atoms with Gasteiger partial charge in [-0.1, -0.05) is 0 Å². The van der Waals surface area contributed by atoms with Crippen molar-refractivity contribution in [3.05, 3.63) is 34.3 Å². The first kappa shape index (κ1) is 17.1. The number of nitrogens with one attached hydrogen (secondary N) is 1. The molecule has 0 fully saturated rings. The van der Waals surface area contributed by atoms with Crippen molar-refractivity contribution in [2.24, 2.45) is 7.05 Å². The molecule has 2 rings (SSSR count). The van der Waals surface area contributed by atoms with Crippen LogP contribution < -0.4 is 5.32 Å². The summed E-state index contributed by atoms with van der Waals surface area (Å²) in [5.41, 5.74) is -0.103. The van der Waals surface area contributed by atoms with Gasteiger partial charge in [-0.2, -0.15) is 10.2 Å². The maximum absolute atomic E-state index is 12.3. The van der Waals surface area contributed by atoms with Crippen LogP contribution in [-0.2, 0) is 16.6 Å². The minimum atomic E-state index is -0.830. The normalized spacial score (nSPS) is 11.8. The van der Waals surface area contributed by atoms with Gasteiger partial charge in [-0.15, -0.1) is 0 Å². The van der Waals surface area contributed by atoms with Crippen molar-refractivity contribution in [1.29, 1.82) is 0 Å². The fraction of sp³-hybridized carbons (Fsp3) is 0.385. The number of esters is 1. The molecule has 1 N–H and O–H groups in total. The minimum absolute atomic E-state index is 0.117. The molecule has 128 valence electrons. The molecule has 11 heteroatoms. The van der Waals surface area contributed by atoms with Crippen LogP contribution in [-0.4, -0.2) is 43.0 Å². The molecular weight excluding hydrogens is 320 g/mol. The molecule has 0 aromatic carbocycles. The summed E-state index contributed by atoms with van der Waals surface area (Å²) in [5.74, 6) is -0.947. The highest BCUT2D eigenvalue weighted by atomic mass is 16.6. The van der Waals surface area contributed by atoms with Gasteiger partial charge in [0.15, 0.2) is 0 Å². The molecule has 2 heterocycles. The maximum Gasteiger partial charge on any atom is 0.343 e. The zero-order valence-electron chi connectivity index (χ0n) is 13.3. The Balaban J connectivity index is 2.18. The number of anilines is 1. The number of hydrogen-bond acceptors (Lipinski definition) is 7. The third kappa shape index (κ3) is 3.39. The molecule has 2 aromatic heterocycles. The van der Waals surface area contributed by atoms with E-state index in [1.807, 2.05) is 0 Å². The number of nitro groups is 1. The van der Waals surface area contributed by atoms with Crippen LogP contribution in [0.3, 0.4) is 0 Å². The second-order valence-corrected chi connectivity index (χ2v) is 4.85. The Morgan fingerprint density at radius 1 is 1.42 bits per heavy atom. The van der Waals surface area contributed by atoms with E-state index in [0.717, 1.165) is 17.1 Å². The third-order valence-corrected chi connectivity index (χ3v) is 3.25. The van der Waals surface area contributed by atoms with Crippen molar-refractivity contribution in [3.8, 4) is 0 Å². The summed E-state index contributed by atoms with van der Waals surface area (Å²) in [6, 6.07) is -0.830. The molecule has 1 unspecified atom stereocenters. The lowest BCUT2D eigenvalue weighted by atomic mass is 10.3. The van der Waals surface area contributed by atoms with Crippen LogP contribution in [0.1, 0.15) is 30.2 Å². The van der Waals surface area contributed by atoms with E-state index in [0.29, 0.717) is 0 Å². The van der Waals surface area contributed by atoms with E-state index in [1.165, 1.54) is 17.8 Å². The highest BCUT2D eigenvalue weighted by Crippen LogP contribution is 2.18. The van der Waals surface area contributed by atoms with Crippen LogP contribution in [0.25, 0.3) is 0 Å². The quantitative estimate of drug-likeness (QED) is 0.470. The number of nitrogens with zero attached hydrogens (tertiary/aromatic N) is 5. The van der Waals surface area contributed by atoms with Gasteiger partial charge in [-0.3, -0.25) is 24.3 Å². The van der Waals surface area contributed by atoms with Gasteiger partial charge in [0, 0.05) is 7.05 Å². The number of ether oxygens (including phenoxy) is 1. The van der Waals surface area contributed by atoms with Gasteiger partial charge in [0.2, 0.25) is 5.91 Å². The van der Waals surface area contributed by atoms with Gasteiger partial charge in [0.05, 0.1) is 17.7 Å². The van der Waals surface area contributed by atoms with Crippen LogP contribution in [0.2, 0.25) is 0 Å². The lowest BCUT2D eigenvalue weighted by molar-refractivity contribution is -0.385. The average Bonchev–Trinajstić information content (AvgIpc) is 3.15. The summed E-state index contributed by atoms with van der Waals surface area (Å²) in [6.07, 6.45) is 3.49. The van der Waals surface area contributed by atoms with E-state index in [2.05, 4.69) is 15.5 Å².